The summed E-state index contributed by atoms with van der Waals surface area (Å²) in [5.41, 5.74) is 12.3. The number of hydrogen-bond acceptors (Lipinski definition) is 8. The number of guanidine groups is 1. The quantitative estimate of drug-likeness (QED) is 0.213. The van der Waals surface area contributed by atoms with E-state index in [0.717, 1.165) is 16.3 Å². The van der Waals surface area contributed by atoms with Crippen LogP contribution in [0.2, 0.25) is 5.02 Å². The second-order valence-corrected chi connectivity index (χ2v) is 8.35. The third-order valence-corrected chi connectivity index (χ3v) is 5.94. The molecule has 5 N–H and O–H groups in total. The topological polar surface area (TPSA) is 177 Å². The third-order valence-electron chi connectivity index (χ3n) is 5.64. The first kappa shape index (κ1) is 23.9. The van der Waals surface area contributed by atoms with E-state index in [1.165, 1.54) is 12.5 Å². The molecule has 5 aromatic rings. The van der Waals surface area contributed by atoms with Crippen LogP contribution in [0.5, 0.6) is 5.75 Å². The van der Waals surface area contributed by atoms with Gasteiger partial charge < -0.3 is 21.5 Å². The molecule has 14 heteroatoms. The van der Waals surface area contributed by atoms with Crippen molar-refractivity contribution in [3.8, 4) is 11.6 Å². The summed E-state index contributed by atoms with van der Waals surface area (Å²) in [6.07, 6.45) is 6.36. The number of ether oxygens (including phenoxy) is 1. The number of halogens is 1. The van der Waals surface area contributed by atoms with Crippen molar-refractivity contribution in [2.45, 2.75) is 20.0 Å². The van der Waals surface area contributed by atoms with Crippen LogP contribution < -0.4 is 21.5 Å². The Balaban J connectivity index is 1.60. The number of aliphatic imine (C=N–C) groups is 1. The van der Waals surface area contributed by atoms with E-state index in [0.29, 0.717) is 46.5 Å². The van der Waals surface area contributed by atoms with Gasteiger partial charge in [0.15, 0.2) is 23.2 Å². The molecule has 188 valence electrons. The van der Waals surface area contributed by atoms with Crippen molar-refractivity contribution in [1.29, 1.82) is 0 Å². The highest BCUT2D eigenvalue weighted by atomic mass is 35.5. The lowest BCUT2D eigenvalue weighted by Gasteiger charge is -2.13. The van der Waals surface area contributed by atoms with Crippen molar-refractivity contribution >= 4 is 51.1 Å². The SMILES string of the molecule is CCn1ncc2c3c(NCc4ccc(OC)c(Cl)c4)nnc(-n4cnc(C(=O)N=C(N)N)c4)c3cnc21. The maximum Gasteiger partial charge on any atom is 0.300 e. The Morgan fingerprint density at radius 2 is 2.03 bits per heavy atom. The molecule has 4 aromatic heterocycles. The van der Waals surface area contributed by atoms with Crippen molar-refractivity contribution in [3.63, 3.8) is 0 Å². The number of benzene rings is 1. The number of imidazole rings is 1. The molecule has 0 atom stereocenters. The number of hydrogen-bond donors (Lipinski definition) is 3. The van der Waals surface area contributed by atoms with Gasteiger partial charge >= 0.3 is 0 Å². The van der Waals surface area contributed by atoms with Gasteiger partial charge in [0.2, 0.25) is 0 Å². The molecule has 0 unspecified atom stereocenters. The molecule has 37 heavy (non-hydrogen) atoms. The zero-order valence-electron chi connectivity index (χ0n) is 19.9. The summed E-state index contributed by atoms with van der Waals surface area (Å²) in [5, 5.41) is 19.4. The van der Waals surface area contributed by atoms with Gasteiger partial charge in [-0.2, -0.15) is 10.1 Å². The van der Waals surface area contributed by atoms with Crippen LogP contribution in [0.4, 0.5) is 5.82 Å². The summed E-state index contributed by atoms with van der Waals surface area (Å²) in [5.74, 6) is 0.529. The van der Waals surface area contributed by atoms with Gasteiger partial charge in [-0.05, 0) is 24.6 Å². The van der Waals surface area contributed by atoms with Crippen molar-refractivity contribution in [2.75, 3.05) is 12.4 Å². The van der Waals surface area contributed by atoms with Crippen LogP contribution in [0.1, 0.15) is 23.0 Å². The molecule has 4 heterocycles. The summed E-state index contributed by atoms with van der Waals surface area (Å²) in [4.78, 5) is 24.4. The first-order valence-corrected chi connectivity index (χ1v) is 11.5. The zero-order valence-corrected chi connectivity index (χ0v) is 20.6. The number of aromatic nitrogens is 7. The minimum Gasteiger partial charge on any atom is -0.495 e. The van der Waals surface area contributed by atoms with Crippen molar-refractivity contribution in [3.05, 3.63) is 59.4 Å². The summed E-state index contributed by atoms with van der Waals surface area (Å²) >= 11 is 6.29. The Morgan fingerprint density at radius 1 is 1.19 bits per heavy atom. The molecule has 0 aliphatic rings. The van der Waals surface area contributed by atoms with E-state index in [2.05, 4.69) is 35.6 Å². The normalized spacial score (nSPS) is 11.1. The number of carbonyl (C=O) groups excluding carboxylic acids is 1. The lowest BCUT2D eigenvalue weighted by atomic mass is 10.1. The fraction of sp³-hybridized carbons (Fsp3) is 0.174. The third kappa shape index (κ3) is 4.47. The summed E-state index contributed by atoms with van der Waals surface area (Å²) in [6, 6.07) is 5.54. The van der Waals surface area contributed by atoms with Crippen LogP contribution in [0.15, 0.2) is 48.1 Å². The standard InChI is InChI=1S/C23H22ClN11O2/c1-3-35-20-14(9-30-35)18-13(8-28-20)21(34-10-16(29-11-34)22(36)31-23(25)26)33-32-19(18)27-7-12-4-5-17(37-2)15(24)6-12/h4-6,8-11H,3,7H2,1-2H3,(H,27,32)(H4,25,26,31,36). The molecular weight excluding hydrogens is 498 g/mol. The van der Waals surface area contributed by atoms with Gasteiger partial charge in [-0.25, -0.2) is 14.6 Å². The molecule has 0 saturated carbocycles. The maximum atomic E-state index is 12.2. The molecule has 1 amide bonds. The van der Waals surface area contributed by atoms with Crippen LogP contribution in [-0.4, -0.2) is 53.5 Å². The second-order valence-electron chi connectivity index (χ2n) is 7.95. The van der Waals surface area contributed by atoms with Gasteiger partial charge in [0, 0.05) is 36.3 Å². The molecule has 0 spiro atoms. The van der Waals surface area contributed by atoms with Crippen molar-refractivity contribution < 1.29 is 9.53 Å². The van der Waals surface area contributed by atoms with Gasteiger partial charge in [0.05, 0.1) is 23.7 Å². The Labute approximate surface area is 215 Å². The average molecular weight is 520 g/mol. The van der Waals surface area contributed by atoms with Gasteiger partial charge in [0.1, 0.15) is 17.8 Å². The summed E-state index contributed by atoms with van der Waals surface area (Å²) in [6.45, 7) is 3.07. The highest BCUT2D eigenvalue weighted by Gasteiger charge is 2.19. The van der Waals surface area contributed by atoms with E-state index < -0.39 is 5.91 Å². The number of carbonyl (C=O) groups is 1. The van der Waals surface area contributed by atoms with E-state index in [9.17, 15) is 4.79 Å². The molecule has 0 aliphatic heterocycles. The Morgan fingerprint density at radius 3 is 2.76 bits per heavy atom. The number of fused-ring (bicyclic) bond motifs is 3. The lowest BCUT2D eigenvalue weighted by Crippen LogP contribution is -2.24. The van der Waals surface area contributed by atoms with E-state index in [-0.39, 0.29) is 11.7 Å². The van der Waals surface area contributed by atoms with E-state index in [1.807, 2.05) is 19.1 Å². The number of methoxy groups -OCH3 is 1. The molecular formula is C23H22ClN11O2. The molecule has 1 aromatic carbocycles. The number of amides is 1. The summed E-state index contributed by atoms with van der Waals surface area (Å²) in [7, 11) is 1.57. The smallest absolute Gasteiger partial charge is 0.300 e. The largest absolute Gasteiger partial charge is 0.495 e. The highest BCUT2D eigenvalue weighted by Crippen LogP contribution is 2.32. The second kappa shape index (κ2) is 9.70. The molecule has 5 rings (SSSR count). The van der Waals surface area contributed by atoms with E-state index >= 15 is 0 Å². The van der Waals surface area contributed by atoms with Gasteiger partial charge in [0.25, 0.3) is 5.91 Å². The fourth-order valence-electron chi connectivity index (χ4n) is 3.93. The molecule has 0 bridgehead atoms. The predicted molar refractivity (Wildman–Crippen MR) is 139 cm³/mol. The van der Waals surface area contributed by atoms with Crippen LogP contribution >= 0.6 is 11.6 Å². The van der Waals surface area contributed by atoms with Gasteiger partial charge in [-0.15, -0.1) is 10.2 Å². The monoisotopic (exact) mass is 519 g/mol. The van der Waals surface area contributed by atoms with E-state index in [4.69, 9.17) is 27.8 Å². The number of aryl methyl sites for hydroxylation is 1. The van der Waals surface area contributed by atoms with Crippen molar-refractivity contribution in [1.82, 2.24) is 34.5 Å². The Bertz CT molecular complexity index is 1670. The number of pyridine rings is 1. The molecule has 13 nitrogen and oxygen atoms in total. The minimum atomic E-state index is -0.669. The molecule has 0 saturated heterocycles. The molecule has 0 fully saturated rings. The molecule has 0 aliphatic carbocycles. The van der Waals surface area contributed by atoms with Gasteiger partial charge in [-0.1, -0.05) is 17.7 Å². The maximum absolute atomic E-state index is 12.2. The highest BCUT2D eigenvalue weighted by molar-refractivity contribution is 6.32. The fourth-order valence-corrected chi connectivity index (χ4v) is 4.21. The lowest BCUT2D eigenvalue weighted by molar-refractivity contribution is 0.0998. The van der Waals surface area contributed by atoms with Crippen LogP contribution in [0, 0.1) is 0 Å². The number of nitrogens with zero attached hydrogens (tertiary/aromatic N) is 8. The number of nitrogens with two attached hydrogens (primary N) is 2. The number of anilines is 1. The Kier molecular flexibility index (Phi) is 6.27. The average Bonchev–Trinajstić information content (AvgIpc) is 3.54. The van der Waals surface area contributed by atoms with Crippen LogP contribution in [0.3, 0.4) is 0 Å². The first-order chi connectivity index (χ1) is 17.9. The number of rotatable bonds is 7. The zero-order chi connectivity index (χ0) is 26.1. The van der Waals surface area contributed by atoms with Crippen molar-refractivity contribution in [2.24, 2.45) is 16.5 Å². The van der Waals surface area contributed by atoms with E-state index in [1.54, 1.807) is 34.8 Å². The van der Waals surface area contributed by atoms with Gasteiger partial charge in [-0.3, -0.25) is 9.36 Å². The van der Waals surface area contributed by atoms with Crippen LogP contribution in [0.25, 0.3) is 27.6 Å². The number of nitrogens with one attached hydrogen (secondary N) is 1. The Hall–Kier alpha value is -4.78. The molecule has 0 radical (unpaired) electrons. The van der Waals surface area contributed by atoms with Crippen LogP contribution in [-0.2, 0) is 13.1 Å². The first-order valence-electron chi connectivity index (χ1n) is 11.1. The minimum absolute atomic E-state index is 0.0507. The predicted octanol–water partition coefficient (Wildman–Crippen LogP) is 2.27. The summed E-state index contributed by atoms with van der Waals surface area (Å²) < 4.78 is 8.59.